The van der Waals surface area contributed by atoms with E-state index >= 15 is 0 Å². The van der Waals surface area contributed by atoms with Gasteiger partial charge in [-0.1, -0.05) is 22.9 Å². The first kappa shape index (κ1) is 10.4. The van der Waals surface area contributed by atoms with E-state index in [4.69, 9.17) is 0 Å². The molecule has 0 heterocycles. The molecule has 0 radical (unpaired) electrons. The summed E-state index contributed by atoms with van der Waals surface area (Å²) in [6.07, 6.45) is 1.25. The summed E-state index contributed by atoms with van der Waals surface area (Å²) in [5.74, 6) is -0.392. The standard InChI is InChI=1S/C10H10BrFO/c1-2-3-10(13)7-4-8(11)6-9(12)5-7/h4-6H,2-3H2,1H3. The number of carbonyl (C=O) groups excluding carboxylic acids is 1. The zero-order valence-corrected chi connectivity index (χ0v) is 8.90. The second-order valence-electron chi connectivity index (χ2n) is 2.83. The molecule has 0 aliphatic carbocycles. The maximum absolute atomic E-state index is 12.8. The Morgan fingerprint density at radius 1 is 1.46 bits per heavy atom. The second-order valence-corrected chi connectivity index (χ2v) is 3.75. The summed E-state index contributed by atoms with van der Waals surface area (Å²) in [6.45, 7) is 1.92. The Kier molecular flexibility index (Phi) is 3.60. The lowest BCUT2D eigenvalue weighted by atomic mass is 10.1. The predicted molar refractivity (Wildman–Crippen MR) is 53.3 cm³/mol. The minimum absolute atomic E-state index is 0.0114. The van der Waals surface area contributed by atoms with Crippen molar-refractivity contribution in [3.63, 3.8) is 0 Å². The number of carbonyl (C=O) groups is 1. The summed E-state index contributed by atoms with van der Waals surface area (Å²) >= 11 is 3.14. The van der Waals surface area contributed by atoms with E-state index in [0.29, 0.717) is 16.5 Å². The normalized spacial score (nSPS) is 10.1. The first-order valence-electron chi connectivity index (χ1n) is 4.12. The molecule has 0 fully saturated rings. The van der Waals surface area contributed by atoms with Gasteiger partial charge in [-0.15, -0.1) is 0 Å². The first-order chi connectivity index (χ1) is 6.13. The molecule has 0 N–H and O–H groups in total. The lowest BCUT2D eigenvalue weighted by Gasteiger charge is -2.00. The van der Waals surface area contributed by atoms with Crippen LogP contribution in [0.15, 0.2) is 22.7 Å². The van der Waals surface area contributed by atoms with Gasteiger partial charge in [0.2, 0.25) is 0 Å². The molecular formula is C10H10BrFO. The minimum atomic E-state index is -0.381. The molecule has 0 atom stereocenters. The van der Waals surface area contributed by atoms with Crippen LogP contribution in [0.25, 0.3) is 0 Å². The van der Waals surface area contributed by atoms with Crippen LogP contribution in [0.5, 0.6) is 0 Å². The third-order valence-electron chi connectivity index (χ3n) is 1.66. The molecule has 0 spiro atoms. The van der Waals surface area contributed by atoms with Crippen LogP contribution in [0.2, 0.25) is 0 Å². The van der Waals surface area contributed by atoms with Gasteiger partial charge in [0, 0.05) is 16.5 Å². The van der Waals surface area contributed by atoms with E-state index in [-0.39, 0.29) is 11.6 Å². The average molecular weight is 245 g/mol. The van der Waals surface area contributed by atoms with Crippen molar-refractivity contribution in [1.29, 1.82) is 0 Å². The molecule has 0 aromatic heterocycles. The average Bonchev–Trinajstić information content (AvgIpc) is 2.03. The number of hydrogen-bond acceptors (Lipinski definition) is 1. The van der Waals surface area contributed by atoms with Gasteiger partial charge in [0.1, 0.15) is 5.82 Å². The molecule has 0 saturated carbocycles. The number of rotatable bonds is 3. The van der Waals surface area contributed by atoms with Crippen molar-refractivity contribution in [2.24, 2.45) is 0 Å². The molecule has 0 aliphatic rings. The van der Waals surface area contributed by atoms with Crippen molar-refractivity contribution < 1.29 is 9.18 Å². The highest BCUT2D eigenvalue weighted by molar-refractivity contribution is 9.10. The van der Waals surface area contributed by atoms with E-state index in [1.165, 1.54) is 12.1 Å². The monoisotopic (exact) mass is 244 g/mol. The third-order valence-corrected chi connectivity index (χ3v) is 2.12. The second kappa shape index (κ2) is 4.51. The van der Waals surface area contributed by atoms with E-state index in [0.717, 1.165) is 6.42 Å². The lowest BCUT2D eigenvalue weighted by molar-refractivity contribution is 0.0981. The zero-order valence-electron chi connectivity index (χ0n) is 7.31. The van der Waals surface area contributed by atoms with E-state index in [1.807, 2.05) is 6.92 Å². The van der Waals surface area contributed by atoms with Crippen molar-refractivity contribution in [3.05, 3.63) is 34.1 Å². The number of hydrogen-bond donors (Lipinski definition) is 0. The van der Waals surface area contributed by atoms with E-state index < -0.39 is 0 Å². The SMILES string of the molecule is CCCC(=O)c1cc(F)cc(Br)c1. The van der Waals surface area contributed by atoms with Crippen molar-refractivity contribution in [2.75, 3.05) is 0 Å². The Morgan fingerprint density at radius 2 is 2.15 bits per heavy atom. The smallest absolute Gasteiger partial charge is 0.163 e. The van der Waals surface area contributed by atoms with Gasteiger partial charge in [0.15, 0.2) is 5.78 Å². The Bertz CT molecular complexity index is 302. The van der Waals surface area contributed by atoms with Crippen LogP contribution in [0, 0.1) is 5.82 Å². The summed E-state index contributed by atoms with van der Waals surface area (Å²) in [5.41, 5.74) is 0.439. The number of ketones is 1. The largest absolute Gasteiger partial charge is 0.294 e. The zero-order chi connectivity index (χ0) is 9.84. The molecule has 3 heteroatoms. The van der Waals surface area contributed by atoms with Crippen LogP contribution < -0.4 is 0 Å². The maximum Gasteiger partial charge on any atom is 0.163 e. The molecule has 0 aliphatic heterocycles. The predicted octanol–water partition coefficient (Wildman–Crippen LogP) is 3.57. The Morgan fingerprint density at radius 3 is 2.69 bits per heavy atom. The Balaban J connectivity index is 2.94. The molecule has 0 saturated heterocycles. The highest BCUT2D eigenvalue weighted by Crippen LogP contribution is 2.16. The van der Waals surface area contributed by atoms with E-state index in [2.05, 4.69) is 15.9 Å². The van der Waals surface area contributed by atoms with Gasteiger partial charge in [0.25, 0.3) is 0 Å². The summed E-state index contributed by atoms with van der Waals surface area (Å²) in [7, 11) is 0. The van der Waals surface area contributed by atoms with Gasteiger partial charge in [-0.25, -0.2) is 4.39 Å². The number of halogens is 2. The molecule has 70 valence electrons. The Labute approximate surface area is 85.1 Å². The van der Waals surface area contributed by atoms with Crippen LogP contribution in [0.4, 0.5) is 4.39 Å². The maximum atomic E-state index is 12.8. The van der Waals surface area contributed by atoms with Crippen LogP contribution in [-0.4, -0.2) is 5.78 Å². The van der Waals surface area contributed by atoms with Crippen molar-refractivity contribution in [2.45, 2.75) is 19.8 Å². The summed E-state index contributed by atoms with van der Waals surface area (Å²) < 4.78 is 13.5. The summed E-state index contributed by atoms with van der Waals surface area (Å²) in [4.78, 5) is 11.4. The Hall–Kier alpha value is -0.700. The quantitative estimate of drug-likeness (QED) is 0.744. The third kappa shape index (κ3) is 2.92. The summed E-state index contributed by atoms with van der Waals surface area (Å²) in [6, 6.07) is 4.24. The summed E-state index contributed by atoms with van der Waals surface area (Å²) in [5, 5.41) is 0. The lowest BCUT2D eigenvalue weighted by Crippen LogP contribution is -1.98. The highest BCUT2D eigenvalue weighted by Gasteiger charge is 2.06. The molecule has 0 unspecified atom stereocenters. The molecule has 0 amide bonds. The fraction of sp³-hybridized carbons (Fsp3) is 0.300. The fourth-order valence-electron chi connectivity index (χ4n) is 1.09. The first-order valence-corrected chi connectivity index (χ1v) is 4.92. The van der Waals surface area contributed by atoms with Gasteiger partial charge in [-0.05, 0) is 24.6 Å². The van der Waals surface area contributed by atoms with Crippen molar-refractivity contribution in [1.82, 2.24) is 0 Å². The van der Waals surface area contributed by atoms with Crippen LogP contribution in [0.3, 0.4) is 0 Å². The molecule has 1 aromatic rings. The molecule has 13 heavy (non-hydrogen) atoms. The van der Waals surface area contributed by atoms with Crippen LogP contribution in [0.1, 0.15) is 30.1 Å². The molecule has 1 aromatic carbocycles. The highest BCUT2D eigenvalue weighted by atomic mass is 79.9. The van der Waals surface area contributed by atoms with Gasteiger partial charge in [-0.3, -0.25) is 4.79 Å². The fourth-order valence-corrected chi connectivity index (χ4v) is 1.55. The molecule has 1 nitrogen and oxygen atoms in total. The van der Waals surface area contributed by atoms with Crippen molar-refractivity contribution >= 4 is 21.7 Å². The number of Topliss-reactive ketones (excluding diaryl/α,β-unsaturated/α-hetero) is 1. The molecule has 0 bridgehead atoms. The number of benzene rings is 1. The van der Waals surface area contributed by atoms with E-state index in [9.17, 15) is 9.18 Å². The van der Waals surface area contributed by atoms with Gasteiger partial charge in [0.05, 0.1) is 0 Å². The van der Waals surface area contributed by atoms with Crippen molar-refractivity contribution in [3.8, 4) is 0 Å². The minimum Gasteiger partial charge on any atom is -0.294 e. The van der Waals surface area contributed by atoms with Crippen LogP contribution in [-0.2, 0) is 0 Å². The molecule has 1 rings (SSSR count). The van der Waals surface area contributed by atoms with Crippen LogP contribution >= 0.6 is 15.9 Å². The van der Waals surface area contributed by atoms with Gasteiger partial charge < -0.3 is 0 Å². The van der Waals surface area contributed by atoms with E-state index in [1.54, 1.807) is 6.07 Å². The molecular weight excluding hydrogens is 235 g/mol. The van der Waals surface area contributed by atoms with Gasteiger partial charge in [-0.2, -0.15) is 0 Å². The van der Waals surface area contributed by atoms with Gasteiger partial charge >= 0.3 is 0 Å². The topological polar surface area (TPSA) is 17.1 Å².